The molecule has 0 fully saturated rings. The van der Waals surface area contributed by atoms with Gasteiger partial charge in [-0.25, -0.2) is 14.6 Å². The molecule has 0 aromatic heterocycles. The highest BCUT2D eigenvalue weighted by Gasteiger charge is 2.22. The van der Waals surface area contributed by atoms with E-state index < -0.39 is 23.7 Å². The lowest BCUT2D eigenvalue weighted by Gasteiger charge is -2.22. The Morgan fingerprint density at radius 1 is 1.23 bits per heavy atom. The van der Waals surface area contributed by atoms with Gasteiger partial charge in [-0.05, 0) is 38.5 Å². The topological polar surface area (TPSA) is 76.7 Å². The first kappa shape index (κ1) is 17.9. The first-order chi connectivity index (χ1) is 10.2. The molecule has 0 spiro atoms. The van der Waals surface area contributed by atoms with Crippen molar-refractivity contribution in [3.8, 4) is 0 Å². The molecule has 1 atom stereocenters. The maximum absolute atomic E-state index is 12.9. The van der Waals surface area contributed by atoms with Gasteiger partial charge in [0.2, 0.25) is 0 Å². The Bertz CT molecular complexity index is 511. The van der Waals surface area contributed by atoms with Crippen molar-refractivity contribution >= 4 is 12.1 Å². The summed E-state index contributed by atoms with van der Waals surface area (Å²) in [4.78, 5) is 23.3. The molecule has 0 saturated heterocycles. The zero-order valence-electron chi connectivity index (χ0n) is 13.1. The van der Waals surface area contributed by atoms with Gasteiger partial charge in [0.15, 0.2) is 0 Å². The summed E-state index contributed by atoms with van der Waals surface area (Å²) in [5, 5.41) is 0. The Morgan fingerprint density at radius 3 is 2.32 bits per heavy atom. The van der Waals surface area contributed by atoms with Crippen molar-refractivity contribution in [3.63, 3.8) is 0 Å². The average molecular weight is 312 g/mol. The Labute approximate surface area is 129 Å². The van der Waals surface area contributed by atoms with E-state index in [1.807, 2.05) is 0 Å². The summed E-state index contributed by atoms with van der Waals surface area (Å²) < 4.78 is 22.6. The third kappa shape index (κ3) is 6.53. The van der Waals surface area contributed by atoms with E-state index in [0.717, 1.165) is 5.56 Å². The Balaban J connectivity index is 2.63. The van der Waals surface area contributed by atoms with Gasteiger partial charge in [-0.3, -0.25) is 10.2 Å². The molecule has 0 saturated carbocycles. The second kappa shape index (κ2) is 7.74. The molecule has 0 bridgehead atoms. The maximum Gasteiger partial charge on any atom is 0.422 e. The molecule has 1 aromatic rings. The van der Waals surface area contributed by atoms with Gasteiger partial charge in [0, 0.05) is 6.42 Å². The third-order valence-corrected chi connectivity index (χ3v) is 2.59. The van der Waals surface area contributed by atoms with E-state index in [9.17, 15) is 14.0 Å². The molecule has 2 N–H and O–H groups in total. The third-order valence-electron chi connectivity index (χ3n) is 2.59. The number of halogens is 1. The van der Waals surface area contributed by atoms with Crippen LogP contribution in [0.15, 0.2) is 24.3 Å². The summed E-state index contributed by atoms with van der Waals surface area (Å²) in [6.07, 6.45) is -0.483. The maximum atomic E-state index is 12.9. The number of hydrogen-bond acceptors (Lipinski definition) is 5. The van der Waals surface area contributed by atoms with Crippen LogP contribution in [0.1, 0.15) is 26.3 Å². The number of ether oxygens (including phenoxy) is 2. The van der Waals surface area contributed by atoms with Gasteiger partial charge < -0.3 is 9.47 Å². The summed E-state index contributed by atoms with van der Waals surface area (Å²) >= 11 is 0. The molecule has 0 heterocycles. The van der Waals surface area contributed by atoms with Gasteiger partial charge in [-0.2, -0.15) is 0 Å². The summed E-state index contributed by atoms with van der Waals surface area (Å²) in [5.41, 5.74) is 4.93. The number of amides is 1. The highest BCUT2D eigenvalue weighted by Crippen LogP contribution is 2.08. The average Bonchev–Trinajstić information content (AvgIpc) is 2.42. The van der Waals surface area contributed by atoms with Crippen LogP contribution in [-0.4, -0.2) is 30.8 Å². The molecule has 0 radical (unpaired) electrons. The van der Waals surface area contributed by atoms with E-state index in [1.54, 1.807) is 32.9 Å². The van der Waals surface area contributed by atoms with Crippen LogP contribution in [-0.2, 0) is 20.7 Å². The number of hydrogen-bond donors (Lipinski definition) is 2. The van der Waals surface area contributed by atoms with Crippen LogP contribution in [0, 0.1) is 5.82 Å². The fraction of sp³-hybridized carbons (Fsp3) is 0.467. The molecule has 0 aliphatic heterocycles. The number of rotatable bonds is 5. The van der Waals surface area contributed by atoms with Crippen molar-refractivity contribution in [2.45, 2.75) is 38.8 Å². The standard InChI is InChI=1S/C15H21FN2O4/c1-15(2,3)22-14(20)18-17-12(13(19)21-4)9-10-5-7-11(16)8-6-10/h5-8,12,17H,9H2,1-4H3,(H,18,20)/t12-/m1/s1. The zero-order chi connectivity index (χ0) is 16.8. The largest absolute Gasteiger partial charge is 0.468 e. The minimum absolute atomic E-state index is 0.225. The number of esters is 1. The lowest BCUT2D eigenvalue weighted by Crippen LogP contribution is -2.50. The smallest absolute Gasteiger partial charge is 0.422 e. The van der Waals surface area contributed by atoms with Crippen molar-refractivity contribution in [2.75, 3.05) is 7.11 Å². The summed E-state index contributed by atoms with van der Waals surface area (Å²) in [7, 11) is 1.25. The minimum Gasteiger partial charge on any atom is -0.468 e. The van der Waals surface area contributed by atoms with Crippen molar-refractivity contribution in [2.24, 2.45) is 0 Å². The highest BCUT2D eigenvalue weighted by molar-refractivity contribution is 5.76. The Morgan fingerprint density at radius 2 is 1.82 bits per heavy atom. The monoisotopic (exact) mass is 312 g/mol. The molecule has 22 heavy (non-hydrogen) atoms. The second-order valence-electron chi connectivity index (χ2n) is 5.68. The first-order valence-electron chi connectivity index (χ1n) is 6.78. The van der Waals surface area contributed by atoms with E-state index in [0.29, 0.717) is 0 Å². The van der Waals surface area contributed by atoms with Crippen LogP contribution in [0.2, 0.25) is 0 Å². The van der Waals surface area contributed by atoms with Gasteiger partial charge in [0.1, 0.15) is 17.5 Å². The van der Waals surface area contributed by atoms with E-state index >= 15 is 0 Å². The summed E-state index contributed by atoms with van der Waals surface area (Å²) in [5.74, 6) is -0.918. The van der Waals surface area contributed by atoms with Crippen LogP contribution in [0.25, 0.3) is 0 Å². The molecule has 0 aliphatic rings. The number of benzene rings is 1. The van der Waals surface area contributed by atoms with Gasteiger partial charge in [0.25, 0.3) is 0 Å². The molecule has 7 heteroatoms. The normalized spacial score (nSPS) is 12.4. The Kier molecular flexibility index (Phi) is 6.30. The summed E-state index contributed by atoms with van der Waals surface area (Å²) in [6, 6.07) is 4.89. The van der Waals surface area contributed by atoms with E-state index in [1.165, 1.54) is 19.2 Å². The first-order valence-corrected chi connectivity index (χ1v) is 6.78. The predicted octanol–water partition coefficient (Wildman–Crippen LogP) is 1.94. The van der Waals surface area contributed by atoms with Crippen molar-refractivity contribution < 1.29 is 23.5 Å². The second-order valence-corrected chi connectivity index (χ2v) is 5.68. The number of carbonyl (C=O) groups is 2. The van der Waals surface area contributed by atoms with Gasteiger partial charge in [-0.1, -0.05) is 12.1 Å². The fourth-order valence-electron chi connectivity index (χ4n) is 1.64. The Hall–Kier alpha value is -2.15. The number of hydrazine groups is 1. The fourth-order valence-corrected chi connectivity index (χ4v) is 1.64. The quantitative estimate of drug-likeness (QED) is 0.642. The summed E-state index contributed by atoms with van der Waals surface area (Å²) in [6.45, 7) is 5.18. The van der Waals surface area contributed by atoms with E-state index in [4.69, 9.17) is 4.74 Å². The van der Waals surface area contributed by atoms with Crippen LogP contribution in [0.4, 0.5) is 9.18 Å². The predicted molar refractivity (Wildman–Crippen MR) is 78.4 cm³/mol. The van der Waals surface area contributed by atoms with Gasteiger partial charge in [0.05, 0.1) is 7.11 Å². The highest BCUT2D eigenvalue weighted by atomic mass is 19.1. The van der Waals surface area contributed by atoms with Crippen molar-refractivity contribution in [1.29, 1.82) is 0 Å². The van der Waals surface area contributed by atoms with Crippen LogP contribution in [0.3, 0.4) is 0 Å². The molecule has 0 aliphatic carbocycles. The van der Waals surface area contributed by atoms with Gasteiger partial charge >= 0.3 is 12.1 Å². The lowest BCUT2D eigenvalue weighted by molar-refractivity contribution is -0.143. The molecule has 6 nitrogen and oxygen atoms in total. The number of methoxy groups -OCH3 is 1. The zero-order valence-corrected chi connectivity index (χ0v) is 13.1. The molecule has 0 unspecified atom stereocenters. The van der Waals surface area contributed by atoms with Crippen LogP contribution >= 0.6 is 0 Å². The SMILES string of the molecule is COC(=O)[C@@H](Cc1ccc(F)cc1)NNC(=O)OC(C)(C)C. The van der Waals surface area contributed by atoms with Crippen molar-refractivity contribution in [3.05, 3.63) is 35.6 Å². The molecule has 1 amide bonds. The molecule has 122 valence electrons. The van der Waals surface area contributed by atoms with Crippen LogP contribution in [0.5, 0.6) is 0 Å². The van der Waals surface area contributed by atoms with E-state index in [2.05, 4.69) is 15.6 Å². The molecule has 1 rings (SSSR count). The molecule has 1 aromatic carbocycles. The lowest BCUT2D eigenvalue weighted by atomic mass is 10.1. The molecular weight excluding hydrogens is 291 g/mol. The van der Waals surface area contributed by atoms with Crippen molar-refractivity contribution in [1.82, 2.24) is 10.9 Å². The molecular formula is C15H21FN2O4. The minimum atomic E-state index is -0.817. The number of nitrogens with one attached hydrogen (secondary N) is 2. The van der Waals surface area contributed by atoms with Crippen LogP contribution < -0.4 is 10.9 Å². The number of carbonyl (C=O) groups excluding carboxylic acids is 2. The van der Waals surface area contributed by atoms with E-state index in [-0.39, 0.29) is 12.2 Å². The van der Waals surface area contributed by atoms with Gasteiger partial charge in [-0.15, -0.1) is 0 Å².